The lowest BCUT2D eigenvalue weighted by molar-refractivity contribution is 1.17. The highest BCUT2D eigenvalue weighted by Gasteiger charge is 2.19. The van der Waals surface area contributed by atoms with Crippen LogP contribution in [0.25, 0.3) is 88.5 Å². The number of benzene rings is 7. The molecule has 234 valence electrons. The van der Waals surface area contributed by atoms with Crippen LogP contribution in [-0.4, -0.2) is 14.1 Å². The topological polar surface area (TPSA) is 22.8 Å². The lowest BCUT2D eigenvalue weighted by atomic mass is 10.00. The van der Waals surface area contributed by atoms with Crippen molar-refractivity contribution in [1.29, 1.82) is 0 Å². The number of aromatic nitrogens is 3. The summed E-state index contributed by atoms with van der Waals surface area (Å²) < 4.78 is 4.77. The summed E-state index contributed by atoms with van der Waals surface area (Å²) in [5, 5.41) is 3.62. The molecule has 0 N–H and O–H groups in total. The second-order valence-electron chi connectivity index (χ2n) is 12.8. The molecule has 0 spiro atoms. The van der Waals surface area contributed by atoms with Crippen LogP contribution in [0.15, 0.2) is 188 Å². The van der Waals surface area contributed by atoms with E-state index < -0.39 is 0 Å². The van der Waals surface area contributed by atoms with Crippen molar-refractivity contribution in [3.63, 3.8) is 0 Å². The van der Waals surface area contributed by atoms with Gasteiger partial charge in [-0.25, -0.2) is 0 Å². The molecule has 0 aliphatic carbocycles. The molecule has 0 fully saturated rings. The van der Waals surface area contributed by atoms with Gasteiger partial charge in [-0.05, 0) is 82.4 Å². The first-order valence-electron chi connectivity index (χ1n) is 17.1. The van der Waals surface area contributed by atoms with Crippen LogP contribution in [0.2, 0.25) is 0 Å². The van der Waals surface area contributed by atoms with E-state index in [1.54, 1.807) is 0 Å². The van der Waals surface area contributed by atoms with Crippen LogP contribution >= 0.6 is 0 Å². The van der Waals surface area contributed by atoms with E-state index in [1.807, 2.05) is 12.3 Å². The van der Waals surface area contributed by atoms with E-state index in [4.69, 9.17) is 4.98 Å². The fraction of sp³-hybridized carbons (Fsp3) is 0. The van der Waals surface area contributed by atoms with E-state index >= 15 is 0 Å². The lowest BCUT2D eigenvalue weighted by Crippen LogP contribution is -1.96. The van der Waals surface area contributed by atoms with Gasteiger partial charge in [-0.2, -0.15) is 0 Å². The van der Waals surface area contributed by atoms with Gasteiger partial charge >= 0.3 is 0 Å². The third kappa shape index (κ3) is 4.48. The van der Waals surface area contributed by atoms with Gasteiger partial charge in [-0.3, -0.25) is 4.98 Å². The Labute approximate surface area is 290 Å². The van der Waals surface area contributed by atoms with Gasteiger partial charge in [-0.1, -0.05) is 127 Å². The largest absolute Gasteiger partial charge is 0.309 e. The Bertz CT molecular complexity index is 2840. The molecule has 10 rings (SSSR count). The van der Waals surface area contributed by atoms with Crippen molar-refractivity contribution < 1.29 is 0 Å². The molecule has 3 aromatic heterocycles. The normalized spacial score (nSPS) is 11.6. The minimum absolute atomic E-state index is 0.999. The minimum atomic E-state index is 0.999. The quantitative estimate of drug-likeness (QED) is 0.184. The number of hydrogen-bond donors (Lipinski definition) is 0. The van der Waals surface area contributed by atoms with E-state index in [1.165, 1.54) is 49.6 Å². The van der Waals surface area contributed by atoms with Gasteiger partial charge in [0.2, 0.25) is 0 Å². The molecule has 0 saturated carbocycles. The smallest absolute Gasteiger partial charge is 0.0963 e. The summed E-state index contributed by atoms with van der Waals surface area (Å²) in [6.07, 6.45) is 1.90. The maximum Gasteiger partial charge on any atom is 0.0963 e. The third-order valence-corrected chi connectivity index (χ3v) is 9.97. The molecular weight excluding hydrogens is 607 g/mol. The first kappa shape index (κ1) is 28.3. The number of hydrogen-bond acceptors (Lipinski definition) is 1. The maximum absolute atomic E-state index is 4.94. The van der Waals surface area contributed by atoms with Crippen LogP contribution < -0.4 is 0 Å². The third-order valence-electron chi connectivity index (χ3n) is 9.97. The van der Waals surface area contributed by atoms with E-state index in [0.29, 0.717) is 0 Å². The fourth-order valence-electron chi connectivity index (χ4n) is 7.69. The average molecular weight is 638 g/mol. The summed E-state index contributed by atoms with van der Waals surface area (Å²) in [7, 11) is 0. The molecular formula is C47H31N3. The zero-order chi connectivity index (χ0) is 33.0. The van der Waals surface area contributed by atoms with Crippen molar-refractivity contribution in [2.75, 3.05) is 0 Å². The summed E-state index contributed by atoms with van der Waals surface area (Å²) in [4.78, 5) is 4.94. The summed E-state index contributed by atoms with van der Waals surface area (Å²) in [5.41, 5.74) is 15.1. The predicted octanol–water partition coefficient (Wildman–Crippen LogP) is 12.3. The molecule has 7 aromatic carbocycles. The van der Waals surface area contributed by atoms with Gasteiger partial charge in [0.25, 0.3) is 0 Å². The standard InChI is InChI=1S/C47H31N3/c1-3-12-32(13-4-1)34-23-26-37(27-24-34)50-43-21-8-7-18-40(43)41-20-10-19-39(47(41)50)36-25-28-44-42(31-36)46-45(22-11-29-48-46)49(44)38-17-9-16-35(30-38)33-14-5-2-6-15-33/h1-31H. The maximum atomic E-state index is 4.94. The molecule has 0 radical (unpaired) electrons. The Morgan fingerprint density at radius 3 is 1.78 bits per heavy atom. The molecule has 0 aliphatic rings. The number of nitrogens with zero attached hydrogens (tertiary/aromatic N) is 3. The van der Waals surface area contributed by atoms with E-state index in [-0.39, 0.29) is 0 Å². The van der Waals surface area contributed by atoms with Gasteiger partial charge in [0.05, 0.1) is 27.6 Å². The zero-order valence-electron chi connectivity index (χ0n) is 27.2. The highest BCUT2D eigenvalue weighted by Crippen LogP contribution is 2.41. The molecule has 0 saturated heterocycles. The van der Waals surface area contributed by atoms with Crippen LogP contribution in [0.5, 0.6) is 0 Å². The van der Waals surface area contributed by atoms with Crippen molar-refractivity contribution in [3.8, 4) is 44.8 Å². The van der Waals surface area contributed by atoms with Crippen LogP contribution in [0.1, 0.15) is 0 Å². The Balaban J connectivity index is 1.18. The summed E-state index contributed by atoms with van der Waals surface area (Å²) in [5.74, 6) is 0. The van der Waals surface area contributed by atoms with Crippen LogP contribution in [0.3, 0.4) is 0 Å². The van der Waals surface area contributed by atoms with Gasteiger partial charge in [0.15, 0.2) is 0 Å². The molecule has 3 heteroatoms. The van der Waals surface area contributed by atoms with Crippen molar-refractivity contribution >= 4 is 43.7 Å². The van der Waals surface area contributed by atoms with Crippen molar-refractivity contribution in [1.82, 2.24) is 14.1 Å². The minimum Gasteiger partial charge on any atom is -0.309 e. The Hall–Kier alpha value is -6.71. The van der Waals surface area contributed by atoms with Crippen molar-refractivity contribution in [2.45, 2.75) is 0 Å². The van der Waals surface area contributed by atoms with Crippen LogP contribution in [0.4, 0.5) is 0 Å². The molecule has 0 unspecified atom stereocenters. The van der Waals surface area contributed by atoms with Crippen LogP contribution in [-0.2, 0) is 0 Å². The van der Waals surface area contributed by atoms with E-state index in [0.717, 1.165) is 38.9 Å². The number of pyridine rings is 1. The molecule has 0 atom stereocenters. The molecule has 10 aromatic rings. The zero-order valence-corrected chi connectivity index (χ0v) is 27.2. The Morgan fingerprint density at radius 2 is 0.960 bits per heavy atom. The number of fused-ring (bicyclic) bond motifs is 6. The molecule has 0 amide bonds. The highest BCUT2D eigenvalue weighted by atomic mass is 15.0. The second-order valence-corrected chi connectivity index (χ2v) is 12.8. The molecule has 3 heterocycles. The van der Waals surface area contributed by atoms with Crippen molar-refractivity contribution in [2.24, 2.45) is 0 Å². The second kappa shape index (κ2) is 11.5. The highest BCUT2D eigenvalue weighted by molar-refractivity contribution is 6.15. The first-order chi connectivity index (χ1) is 24.8. The van der Waals surface area contributed by atoms with E-state index in [9.17, 15) is 0 Å². The van der Waals surface area contributed by atoms with Gasteiger partial charge in [0.1, 0.15) is 0 Å². The number of rotatable bonds is 5. The average Bonchev–Trinajstić information content (AvgIpc) is 3.71. The monoisotopic (exact) mass is 637 g/mol. The molecule has 0 bridgehead atoms. The number of para-hydroxylation sites is 2. The summed E-state index contributed by atoms with van der Waals surface area (Å²) >= 11 is 0. The van der Waals surface area contributed by atoms with Crippen LogP contribution in [0, 0.1) is 0 Å². The Kier molecular flexibility index (Phi) is 6.49. The molecule has 50 heavy (non-hydrogen) atoms. The SMILES string of the molecule is c1ccc(-c2ccc(-n3c4ccccc4c4cccc(-c5ccc6c(c5)c5ncccc5n6-c5cccc(-c6ccccc6)c5)c43)cc2)cc1. The lowest BCUT2D eigenvalue weighted by Gasteiger charge is -2.13. The predicted molar refractivity (Wildman–Crippen MR) is 209 cm³/mol. The van der Waals surface area contributed by atoms with Gasteiger partial charge in [0, 0.05) is 39.3 Å². The van der Waals surface area contributed by atoms with Crippen molar-refractivity contribution in [3.05, 3.63) is 188 Å². The molecule has 0 aliphatic heterocycles. The first-order valence-corrected chi connectivity index (χ1v) is 17.1. The van der Waals surface area contributed by atoms with Gasteiger partial charge in [-0.15, -0.1) is 0 Å². The fourth-order valence-corrected chi connectivity index (χ4v) is 7.69. The molecule has 3 nitrogen and oxygen atoms in total. The van der Waals surface area contributed by atoms with Gasteiger partial charge < -0.3 is 9.13 Å². The summed E-state index contributed by atoms with van der Waals surface area (Å²) in [6.45, 7) is 0. The Morgan fingerprint density at radius 1 is 0.340 bits per heavy atom. The van der Waals surface area contributed by atoms with E-state index in [2.05, 4.69) is 185 Å². The summed E-state index contributed by atoms with van der Waals surface area (Å²) in [6, 6.07) is 65.4.